The third-order valence-electron chi connectivity index (χ3n) is 4.58. The molecule has 0 radical (unpaired) electrons. The molecule has 2 N–H and O–H groups in total. The number of hydrogen-bond acceptors (Lipinski definition) is 3. The van der Waals surface area contributed by atoms with Crippen molar-refractivity contribution in [1.82, 2.24) is 0 Å². The van der Waals surface area contributed by atoms with Crippen molar-refractivity contribution in [3.05, 3.63) is 23.3 Å². The molecule has 3 heteroatoms. The van der Waals surface area contributed by atoms with E-state index in [1.165, 1.54) is 17.5 Å². The molecule has 2 rings (SSSR count). The molecule has 1 aliphatic carbocycles. The van der Waals surface area contributed by atoms with E-state index in [9.17, 15) is 0 Å². The third kappa shape index (κ3) is 2.39. The van der Waals surface area contributed by atoms with E-state index in [0.717, 1.165) is 24.3 Å². The Kier molecular flexibility index (Phi) is 4.01. The van der Waals surface area contributed by atoms with Gasteiger partial charge in [0.1, 0.15) is 11.5 Å². The number of nitrogens with two attached hydrogens (primary N) is 1. The molecule has 1 saturated carbocycles. The van der Waals surface area contributed by atoms with Crippen LogP contribution in [0.5, 0.6) is 11.5 Å². The smallest absolute Gasteiger partial charge is 0.126 e. The van der Waals surface area contributed by atoms with Crippen molar-refractivity contribution in [2.75, 3.05) is 20.8 Å². The Balaban J connectivity index is 2.66. The lowest BCUT2D eigenvalue weighted by molar-refractivity contribution is 0.241. The van der Waals surface area contributed by atoms with Crippen molar-refractivity contribution in [1.29, 1.82) is 0 Å². The van der Waals surface area contributed by atoms with E-state index in [2.05, 4.69) is 32.9 Å². The Labute approximate surface area is 122 Å². The highest BCUT2D eigenvalue weighted by Gasteiger charge is 2.41. The van der Waals surface area contributed by atoms with Gasteiger partial charge in [0.15, 0.2) is 0 Å². The lowest BCUT2D eigenvalue weighted by Crippen LogP contribution is -2.42. The predicted octanol–water partition coefficient (Wildman–Crippen LogP) is 3.38. The summed E-state index contributed by atoms with van der Waals surface area (Å²) in [6.45, 7) is 7.26. The number of rotatable bonds is 4. The quantitative estimate of drug-likeness (QED) is 0.917. The van der Waals surface area contributed by atoms with Crippen molar-refractivity contribution >= 4 is 0 Å². The summed E-state index contributed by atoms with van der Waals surface area (Å²) in [5, 5.41) is 0. The molecule has 1 aliphatic rings. The lowest BCUT2D eigenvalue weighted by Gasteiger charge is -2.43. The van der Waals surface area contributed by atoms with Crippen molar-refractivity contribution in [3.8, 4) is 11.5 Å². The van der Waals surface area contributed by atoms with E-state index in [1.807, 2.05) is 0 Å². The van der Waals surface area contributed by atoms with Gasteiger partial charge in [-0.15, -0.1) is 0 Å². The zero-order valence-electron chi connectivity index (χ0n) is 13.4. The van der Waals surface area contributed by atoms with Crippen molar-refractivity contribution in [3.63, 3.8) is 0 Å². The average molecular weight is 277 g/mol. The van der Waals surface area contributed by atoms with Gasteiger partial charge in [0.2, 0.25) is 0 Å². The summed E-state index contributed by atoms with van der Waals surface area (Å²) in [4.78, 5) is 0. The van der Waals surface area contributed by atoms with E-state index >= 15 is 0 Å². The second kappa shape index (κ2) is 5.28. The van der Waals surface area contributed by atoms with Gasteiger partial charge in [-0.1, -0.05) is 27.2 Å². The highest BCUT2D eigenvalue weighted by molar-refractivity contribution is 5.54. The maximum Gasteiger partial charge on any atom is 0.126 e. The monoisotopic (exact) mass is 277 g/mol. The molecule has 0 aromatic heterocycles. The minimum absolute atomic E-state index is 0.00810. The molecule has 1 aromatic rings. The second-order valence-electron chi connectivity index (χ2n) is 6.84. The Bertz CT molecular complexity index is 479. The summed E-state index contributed by atoms with van der Waals surface area (Å²) in [7, 11) is 3.47. The van der Waals surface area contributed by atoms with Crippen LogP contribution in [0.4, 0.5) is 0 Å². The summed E-state index contributed by atoms with van der Waals surface area (Å²) < 4.78 is 11.3. The molecule has 3 nitrogen and oxygen atoms in total. The van der Waals surface area contributed by atoms with Crippen molar-refractivity contribution in [2.45, 2.75) is 50.9 Å². The van der Waals surface area contributed by atoms with Crippen LogP contribution < -0.4 is 15.2 Å². The van der Waals surface area contributed by atoms with Crippen molar-refractivity contribution in [2.24, 2.45) is 5.73 Å². The molecule has 0 aliphatic heterocycles. The molecule has 0 atom stereocenters. The molecule has 1 fully saturated rings. The Morgan fingerprint density at radius 1 is 1.15 bits per heavy atom. The van der Waals surface area contributed by atoms with Crippen LogP contribution in [0.25, 0.3) is 0 Å². The first-order chi connectivity index (χ1) is 9.38. The Morgan fingerprint density at radius 3 is 2.15 bits per heavy atom. The summed E-state index contributed by atoms with van der Waals surface area (Å²) in [5.41, 5.74) is 8.57. The maximum absolute atomic E-state index is 6.08. The Hall–Kier alpha value is -1.22. The van der Waals surface area contributed by atoms with E-state index in [4.69, 9.17) is 15.2 Å². The van der Waals surface area contributed by atoms with E-state index in [0.29, 0.717) is 6.54 Å². The van der Waals surface area contributed by atoms with Gasteiger partial charge in [-0.05, 0) is 30.4 Å². The van der Waals surface area contributed by atoms with E-state index in [-0.39, 0.29) is 10.8 Å². The highest BCUT2D eigenvalue weighted by atomic mass is 16.5. The van der Waals surface area contributed by atoms with Crippen LogP contribution in [0.2, 0.25) is 0 Å². The van der Waals surface area contributed by atoms with Crippen LogP contribution in [0, 0.1) is 0 Å². The summed E-state index contributed by atoms with van der Waals surface area (Å²) in [5.74, 6) is 1.88. The number of hydrogen-bond donors (Lipinski definition) is 1. The van der Waals surface area contributed by atoms with Gasteiger partial charge < -0.3 is 15.2 Å². The van der Waals surface area contributed by atoms with Gasteiger partial charge in [0.25, 0.3) is 0 Å². The van der Waals surface area contributed by atoms with Gasteiger partial charge >= 0.3 is 0 Å². The Morgan fingerprint density at radius 2 is 1.80 bits per heavy atom. The van der Waals surface area contributed by atoms with Gasteiger partial charge in [0.05, 0.1) is 14.2 Å². The van der Waals surface area contributed by atoms with Crippen LogP contribution in [0.1, 0.15) is 51.2 Å². The SMILES string of the molecule is COc1cc(C(C)(C)C)c(OC)c(C2(CN)CCC2)c1. The fourth-order valence-electron chi connectivity index (χ4n) is 3.08. The molecular formula is C17H27NO2. The fraction of sp³-hybridized carbons (Fsp3) is 0.647. The minimum Gasteiger partial charge on any atom is -0.497 e. The first kappa shape index (κ1) is 15.2. The molecular weight excluding hydrogens is 250 g/mol. The van der Waals surface area contributed by atoms with Crippen LogP contribution in [0.3, 0.4) is 0 Å². The van der Waals surface area contributed by atoms with Crippen LogP contribution in [0.15, 0.2) is 12.1 Å². The second-order valence-corrected chi connectivity index (χ2v) is 6.84. The molecule has 0 saturated heterocycles. The number of benzene rings is 1. The van der Waals surface area contributed by atoms with Crippen LogP contribution in [-0.4, -0.2) is 20.8 Å². The molecule has 0 spiro atoms. The van der Waals surface area contributed by atoms with Crippen molar-refractivity contribution < 1.29 is 9.47 Å². The van der Waals surface area contributed by atoms with Gasteiger partial charge in [-0.25, -0.2) is 0 Å². The molecule has 20 heavy (non-hydrogen) atoms. The topological polar surface area (TPSA) is 44.5 Å². The van der Waals surface area contributed by atoms with Gasteiger partial charge in [-0.2, -0.15) is 0 Å². The first-order valence-electron chi connectivity index (χ1n) is 7.35. The third-order valence-corrected chi connectivity index (χ3v) is 4.58. The molecule has 0 bridgehead atoms. The average Bonchev–Trinajstić information content (AvgIpc) is 2.36. The minimum atomic E-state index is 0.00810. The van der Waals surface area contributed by atoms with Crippen LogP contribution in [-0.2, 0) is 10.8 Å². The zero-order chi connectivity index (χ0) is 15.0. The van der Waals surface area contributed by atoms with Crippen LogP contribution >= 0.6 is 0 Å². The summed E-state index contributed by atoms with van der Waals surface area (Å²) in [6, 6.07) is 4.20. The number of ether oxygens (including phenoxy) is 2. The zero-order valence-corrected chi connectivity index (χ0v) is 13.4. The maximum atomic E-state index is 6.08. The van der Waals surface area contributed by atoms with E-state index in [1.54, 1.807) is 14.2 Å². The predicted molar refractivity (Wildman–Crippen MR) is 82.8 cm³/mol. The van der Waals surface area contributed by atoms with E-state index < -0.39 is 0 Å². The molecule has 112 valence electrons. The normalized spacial score (nSPS) is 17.5. The summed E-state index contributed by atoms with van der Waals surface area (Å²) >= 11 is 0. The van der Waals surface area contributed by atoms with Gasteiger partial charge in [-0.3, -0.25) is 0 Å². The molecule has 1 aromatic carbocycles. The largest absolute Gasteiger partial charge is 0.497 e. The highest BCUT2D eigenvalue weighted by Crippen LogP contribution is 2.50. The fourth-order valence-corrected chi connectivity index (χ4v) is 3.08. The standard InChI is InChI=1S/C17H27NO2/c1-16(2,3)13-9-12(19-4)10-14(15(13)20-5)17(11-18)7-6-8-17/h9-10H,6-8,11,18H2,1-5H3. The lowest BCUT2D eigenvalue weighted by atomic mass is 9.63. The molecule has 0 amide bonds. The molecule has 0 heterocycles. The van der Waals surface area contributed by atoms with Gasteiger partial charge in [0, 0.05) is 23.1 Å². The summed E-state index contributed by atoms with van der Waals surface area (Å²) in [6.07, 6.45) is 3.51. The first-order valence-corrected chi connectivity index (χ1v) is 7.35. The number of methoxy groups -OCH3 is 2. The molecule has 0 unspecified atom stereocenters.